The molecule has 0 aromatic rings. The van der Waals surface area contributed by atoms with Crippen molar-refractivity contribution in [3.8, 4) is 0 Å². The summed E-state index contributed by atoms with van der Waals surface area (Å²) in [6.45, 7) is 13.2. The van der Waals surface area contributed by atoms with Crippen LogP contribution in [-0.2, 0) is 4.74 Å². The lowest BCUT2D eigenvalue weighted by atomic mass is 9.91. The average molecular weight is 257 g/mol. The predicted molar refractivity (Wildman–Crippen MR) is 81.1 cm³/mol. The van der Waals surface area contributed by atoms with Gasteiger partial charge in [-0.15, -0.1) is 0 Å². The van der Waals surface area contributed by atoms with Gasteiger partial charge in [0.15, 0.2) is 0 Å². The van der Waals surface area contributed by atoms with E-state index in [2.05, 4.69) is 25.8 Å². The van der Waals surface area contributed by atoms with Crippen molar-refractivity contribution < 1.29 is 4.74 Å². The van der Waals surface area contributed by atoms with E-state index in [0.29, 0.717) is 0 Å². The van der Waals surface area contributed by atoms with Crippen LogP contribution in [-0.4, -0.2) is 38.3 Å². The van der Waals surface area contributed by atoms with Gasteiger partial charge in [-0.1, -0.05) is 34.1 Å². The summed E-state index contributed by atoms with van der Waals surface area (Å²) in [5.74, 6) is 1.64. The van der Waals surface area contributed by atoms with E-state index in [9.17, 15) is 0 Å². The van der Waals surface area contributed by atoms with Crippen LogP contribution in [0.25, 0.3) is 0 Å². The highest BCUT2D eigenvalue weighted by atomic mass is 16.5. The summed E-state index contributed by atoms with van der Waals surface area (Å²) in [5, 5.41) is 0. The van der Waals surface area contributed by atoms with Crippen molar-refractivity contribution in [2.24, 2.45) is 11.8 Å². The van der Waals surface area contributed by atoms with Crippen LogP contribution in [0, 0.1) is 11.8 Å². The van der Waals surface area contributed by atoms with Gasteiger partial charge < -0.3 is 9.64 Å². The highest BCUT2D eigenvalue weighted by Crippen LogP contribution is 2.20. The van der Waals surface area contributed by atoms with E-state index in [1.807, 2.05) is 13.8 Å². The van der Waals surface area contributed by atoms with Crippen LogP contribution in [0.3, 0.4) is 0 Å². The van der Waals surface area contributed by atoms with Crippen LogP contribution < -0.4 is 0 Å². The molecule has 2 nitrogen and oxygen atoms in total. The lowest BCUT2D eigenvalue weighted by Crippen LogP contribution is -2.24. The van der Waals surface area contributed by atoms with Crippen molar-refractivity contribution in [1.82, 2.24) is 4.90 Å². The number of likely N-dealkylation sites (tertiary alicyclic amines) is 1. The Bertz CT molecular complexity index is 158. The quantitative estimate of drug-likeness (QED) is 0.698. The highest BCUT2D eigenvalue weighted by molar-refractivity contribution is 4.65. The molecule has 2 saturated heterocycles. The lowest BCUT2D eigenvalue weighted by Gasteiger charge is -2.24. The van der Waals surface area contributed by atoms with Gasteiger partial charge in [-0.25, -0.2) is 0 Å². The van der Waals surface area contributed by atoms with Crippen LogP contribution in [0.15, 0.2) is 0 Å². The number of piperidine rings is 1. The molecule has 0 bridgehead atoms. The Labute approximate surface area is 115 Å². The summed E-state index contributed by atoms with van der Waals surface area (Å²) in [4.78, 5) is 2.39. The molecule has 2 aliphatic rings. The minimum atomic E-state index is 0.810. The molecule has 2 aliphatic heterocycles. The molecule has 1 atom stereocenters. The first-order valence-corrected chi connectivity index (χ1v) is 7.96. The van der Waals surface area contributed by atoms with E-state index in [0.717, 1.165) is 25.0 Å². The SMILES string of the molecule is CC.CC(C)C1CCCOC1.CN1CCCCC1. The lowest BCUT2D eigenvalue weighted by molar-refractivity contribution is 0.0373. The Morgan fingerprint density at radius 1 is 1.00 bits per heavy atom. The maximum absolute atomic E-state index is 5.34. The third-order valence-corrected chi connectivity index (χ3v) is 3.72. The third kappa shape index (κ3) is 8.93. The topological polar surface area (TPSA) is 12.5 Å². The van der Waals surface area contributed by atoms with Crippen molar-refractivity contribution in [3.05, 3.63) is 0 Å². The molecule has 0 amide bonds. The monoisotopic (exact) mass is 257 g/mol. The van der Waals surface area contributed by atoms with Crippen molar-refractivity contribution in [3.63, 3.8) is 0 Å². The minimum Gasteiger partial charge on any atom is -0.381 e. The highest BCUT2D eigenvalue weighted by Gasteiger charge is 2.16. The van der Waals surface area contributed by atoms with E-state index in [-0.39, 0.29) is 0 Å². The summed E-state index contributed by atoms with van der Waals surface area (Å²) in [7, 11) is 2.19. The molecule has 0 radical (unpaired) electrons. The van der Waals surface area contributed by atoms with E-state index in [1.165, 1.54) is 45.2 Å². The molecule has 0 aliphatic carbocycles. The Balaban J connectivity index is 0.000000289. The number of hydrogen-bond acceptors (Lipinski definition) is 2. The summed E-state index contributed by atoms with van der Waals surface area (Å²) < 4.78 is 5.34. The summed E-state index contributed by atoms with van der Waals surface area (Å²) >= 11 is 0. The normalized spacial score (nSPS) is 24.7. The van der Waals surface area contributed by atoms with Gasteiger partial charge in [-0.05, 0) is 57.7 Å². The predicted octanol–water partition coefficient (Wildman–Crippen LogP) is 4.20. The number of nitrogens with zero attached hydrogens (tertiary/aromatic N) is 1. The molecular weight excluding hydrogens is 222 g/mol. The van der Waals surface area contributed by atoms with E-state index in [1.54, 1.807) is 0 Å². The molecule has 0 N–H and O–H groups in total. The first-order valence-electron chi connectivity index (χ1n) is 7.96. The second-order valence-electron chi connectivity index (χ2n) is 5.59. The average Bonchev–Trinajstić information content (AvgIpc) is 2.43. The zero-order valence-corrected chi connectivity index (χ0v) is 13.4. The van der Waals surface area contributed by atoms with Gasteiger partial charge >= 0.3 is 0 Å². The fraction of sp³-hybridized carbons (Fsp3) is 1.00. The number of hydrogen-bond donors (Lipinski definition) is 0. The Hall–Kier alpha value is -0.0800. The van der Waals surface area contributed by atoms with Gasteiger partial charge in [0.25, 0.3) is 0 Å². The van der Waals surface area contributed by atoms with Crippen molar-refractivity contribution in [2.75, 3.05) is 33.4 Å². The summed E-state index contributed by atoms with van der Waals surface area (Å²) in [6, 6.07) is 0. The minimum absolute atomic E-state index is 0.810. The van der Waals surface area contributed by atoms with Crippen molar-refractivity contribution in [2.45, 2.75) is 59.8 Å². The van der Waals surface area contributed by atoms with E-state index < -0.39 is 0 Å². The molecule has 0 saturated carbocycles. The molecule has 0 spiro atoms. The van der Waals surface area contributed by atoms with Gasteiger partial charge in [0.05, 0.1) is 0 Å². The molecule has 0 aromatic carbocycles. The first-order chi connectivity index (χ1) is 8.70. The molecule has 18 heavy (non-hydrogen) atoms. The largest absolute Gasteiger partial charge is 0.381 e. The van der Waals surface area contributed by atoms with Crippen LogP contribution in [0.5, 0.6) is 0 Å². The zero-order valence-electron chi connectivity index (χ0n) is 13.4. The summed E-state index contributed by atoms with van der Waals surface area (Å²) in [6.07, 6.45) is 6.91. The zero-order chi connectivity index (χ0) is 13.8. The second-order valence-corrected chi connectivity index (χ2v) is 5.59. The maximum Gasteiger partial charge on any atom is 0.0496 e. The van der Waals surface area contributed by atoms with Crippen LogP contribution >= 0.6 is 0 Å². The Kier molecular flexibility index (Phi) is 11.9. The molecule has 2 heteroatoms. The van der Waals surface area contributed by atoms with Gasteiger partial charge in [0.2, 0.25) is 0 Å². The number of ether oxygens (including phenoxy) is 1. The van der Waals surface area contributed by atoms with Crippen LogP contribution in [0.4, 0.5) is 0 Å². The van der Waals surface area contributed by atoms with Gasteiger partial charge in [-0.3, -0.25) is 0 Å². The van der Waals surface area contributed by atoms with Crippen molar-refractivity contribution >= 4 is 0 Å². The molecule has 1 unspecified atom stereocenters. The molecule has 2 rings (SSSR count). The van der Waals surface area contributed by atoms with Crippen LogP contribution in [0.2, 0.25) is 0 Å². The second kappa shape index (κ2) is 12.0. The van der Waals surface area contributed by atoms with Gasteiger partial charge in [0, 0.05) is 13.2 Å². The molecular formula is C16H35NO. The standard InChI is InChI=1S/C8H16O.C6H13N.C2H6/c1-7(2)8-4-3-5-9-6-8;1-7-5-3-2-4-6-7;1-2/h7-8H,3-6H2,1-2H3;2-6H2,1H3;1-2H3. The van der Waals surface area contributed by atoms with E-state index >= 15 is 0 Å². The number of rotatable bonds is 1. The Morgan fingerprint density at radius 2 is 1.61 bits per heavy atom. The van der Waals surface area contributed by atoms with Crippen LogP contribution in [0.1, 0.15) is 59.8 Å². The van der Waals surface area contributed by atoms with Crippen molar-refractivity contribution in [1.29, 1.82) is 0 Å². The smallest absolute Gasteiger partial charge is 0.0496 e. The first kappa shape index (κ1) is 17.9. The fourth-order valence-electron chi connectivity index (χ4n) is 2.34. The van der Waals surface area contributed by atoms with Gasteiger partial charge in [0.1, 0.15) is 0 Å². The summed E-state index contributed by atoms with van der Waals surface area (Å²) in [5.41, 5.74) is 0. The maximum atomic E-state index is 5.34. The molecule has 0 aromatic heterocycles. The van der Waals surface area contributed by atoms with E-state index in [4.69, 9.17) is 4.74 Å². The Morgan fingerprint density at radius 3 is 1.89 bits per heavy atom. The fourth-order valence-corrected chi connectivity index (χ4v) is 2.34. The third-order valence-electron chi connectivity index (χ3n) is 3.72. The molecule has 110 valence electrons. The molecule has 2 heterocycles. The molecule has 2 fully saturated rings. The van der Waals surface area contributed by atoms with Gasteiger partial charge in [-0.2, -0.15) is 0 Å².